The maximum absolute atomic E-state index is 12.9. The van der Waals surface area contributed by atoms with E-state index in [1.54, 1.807) is 16.7 Å². The number of carbonyl (C=O) groups excluding carboxylic acids is 2. The fraction of sp³-hybridized carbons (Fsp3) is 0.500. The molecule has 28 heavy (non-hydrogen) atoms. The van der Waals surface area contributed by atoms with Crippen LogP contribution in [0.25, 0.3) is 11.4 Å². The summed E-state index contributed by atoms with van der Waals surface area (Å²) in [5.74, 6) is 1.50. The summed E-state index contributed by atoms with van der Waals surface area (Å²) in [6, 6.07) is 7.67. The van der Waals surface area contributed by atoms with E-state index in [-0.39, 0.29) is 17.9 Å². The van der Waals surface area contributed by atoms with Crippen molar-refractivity contribution in [3.8, 4) is 11.4 Å². The normalized spacial score (nSPS) is 20.2. The number of amides is 2. The molecule has 2 amide bonds. The lowest BCUT2D eigenvalue weighted by atomic mass is 10.0. The van der Waals surface area contributed by atoms with Crippen molar-refractivity contribution in [2.75, 3.05) is 32.7 Å². The maximum Gasteiger partial charge on any atom is 0.253 e. The Morgan fingerprint density at radius 1 is 1.11 bits per heavy atom. The van der Waals surface area contributed by atoms with Crippen molar-refractivity contribution in [2.24, 2.45) is 0 Å². The largest absolute Gasteiger partial charge is 0.339 e. The van der Waals surface area contributed by atoms with E-state index in [1.165, 1.54) is 12.8 Å². The quantitative estimate of drug-likeness (QED) is 0.841. The van der Waals surface area contributed by atoms with Crippen molar-refractivity contribution < 1.29 is 9.59 Å². The molecule has 0 spiro atoms. The molecule has 2 N–H and O–H groups in total. The van der Waals surface area contributed by atoms with Gasteiger partial charge in [0, 0.05) is 44.2 Å². The number of aromatic nitrogens is 3. The van der Waals surface area contributed by atoms with Gasteiger partial charge in [-0.2, -0.15) is 5.10 Å². The van der Waals surface area contributed by atoms with Crippen molar-refractivity contribution in [1.29, 1.82) is 0 Å². The molecular weight excluding hydrogens is 356 g/mol. The third kappa shape index (κ3) is 3.91. The summed E-state index contributed by atoms with van der Waals surface area (Å²) < 4.78 is 0. The summed E-state index contributed by atoms with van der Waals surface area (Å²) in [5, 5.41) is 10.9. The molecule has 0 radical (unpaired) electrons. The van der Waals surface area contributed by atoms with E-state index < -0.39 is 0 Å². The van der Waals surface area contributed by atoms with Gasteiger partial charge in [0.15, 0.2) is 5.82 Å². The number of hydrogen-bond donors (Lipinski definition) is 2. The number of carbonyl (C=O) groups is 2. The molecule has 2 saturated heterocycles. The number of hydrogen-bond acceptors (Lipinski definition) is 5. The molecule has 0 bridgehead atoms. The Morgan fingerprint density at radius 2 is 1.89 bits per heavy atom. The van der Waals surface area contributed by atoms with Crippen LogP contribution in [0, 0.1) is 0 Å². The number of rotatable bonds is 3. The van der Waals surface area contributed by atoms with Crippen LogP contribution in [-0.2, 0) is 4.79 Å². The van der Waals surface area contributed by atoms with Crippen molar-refractivity contribution >= 4 is 11.8 Å². The molecule has 0 saturated carbocycles. The van der Waals surface area contributed by atoms with Gasteiger partial charge in [-0.1, -0.05) is 18.6 Å². The van der Waals surface area contributed by atoms with E-state index in [2.05, 4.69) is 20.5 Å². The van der Waals surface area contributed by atoms with Crippen molar-refractivity contribution in [1.82, 2.24) is 30.3 Å². The summed E-state index contributed by atoms with van der Waals surface area (Å²) >= 11 is 0. The lowest BCUT2D eigenvalue weighted by molar-refractivity contribution is -0.130. The van der Waals surface area contributed by atoms with Crippen molar-refractivity contribution in [3.05, 3.63) is 35.7 Å². The molecule has 2 aliphatic heterocycles. The Kier molecular flexibility index (Phi) is 5.38. The first-order chi connectivity index (χ1) is 13.6. The Labute approximate surface area is 164 Å². The fourth-order valence-electron chi connectivity index (χ4n) is 3.84. The Morgan fingerprint density at radius 3 is 2.61 bits per heavy atom. The first-order valence-electron chi connectivity index (χ1n) is 9.93. The summed E-state index contributed by atoms with van der Waals surface area (Å²) in [6.07, 6.45) is 3.44. The zero-order valence-corrected chi connectivity index (χ0v) is 16.1. The zero-order chi connectivity index (χ0) is 19.5. The van der Waals surface area contributed by atoms with Crippen LogP contribution < -0.4 is 5.32 Å². The lowest BCUT2D eigenvalue weighted by Gasteiger charge is -2.34. The minimum atomic E-state index is -0.0187. The van der Waals surface area contributed by atoms with E-state index in [4.69, 9.17) is 0 Å². The van der Waals surface area contributed by atoms with Gasteiger partial charge in [-0.25, -0.2) is 4.98 Å². The summed E-state index contributed by atoms with van der Waals surface area (Å²) in [6.45, 7) is 4.84. The van der Waals surface area contributed by atoms with Crippen LogP contribution in [0.5, 0.6) is 0 Å². The van der Waals surface area contributed by atoms with Crippen LogP contribution in [0.1, 0.15) is 48.4 Å². The molecule has 148 valence electrons. The highest BCUT2D eigenvalue weighted by Gasteiger charge is 2.24. The van der Waals surface area contributed by atoms with Gasteiger partial charge in [0.1, 0.15) is 5.82 Å². The van der Waals surface area contributed by atoms with Gasteiger partial charge >= 0.3 is 0 Å². The van der Waals surface area contributed by atoms with Crippen LogP contribution in [0.2, 0.25) is 0 Å². The van der Waals surface area contributed by atoms with E-state index in [0.29, 0.717) is 37.6 Å². The van der Waals surface area contributed by atoms with Crippen LogP contribution in [-0.4, -0.2) is 69.5 Å². The van der Waals surface area contributed by atoms with Gasteiger partial charge in [-0.3, -0.25) is 14.7 Å². The van der Waals surface area contributed by atoms with Crippen LogP contribution in [0.3, 0.4) is 0 Å². The number of nitrogens with one attached hydrogen (secondary N) is 2. The number of piperidine rings is 1. The molecule has 1 aromatic heterocycles. The smallest absolute Gasteiger partial charge is 0.253 e. The maximum atomic E-state index is 12.9. The monoisotopic (exact) mass is 382 g/mol. The summed E-state index contributed by atoms with van der Waals surface area (Å²) in [5.41, 5.74) is 1.45. The molecule has 2 fully saturated rings. The van der Waals surface area contributed by atoms with Crippen LogP contribution in [0.4, 0.5) is 0 Å². The third-order valence-electron chi connectivity index (χ3n) is 5.52. The number of piperazine rings is 1. The SMILES string of the molecule is CC(=O)N1CCN(C(=O)c2cccc(-c3n[nH]c([C@H]4CCCCN4)n3)c2)CC1. The Hall–Kier alpha value is -2.74. The standard InChI is InChI=1S/C20H26N6O2/c1-14(27)25-9-11-26(12-10-25)20(28)16-6-4-5-15(13-16)18-22-19(24-23-18)17-7-2-3-8-21-17/h4-6,13,17,21H,2-3,7-12H2,1H3,(H,22,23,24)/t17-/m1/s1. The molecule has 8 heteroatoms. The van der Waals surface area contributed by atoms with Gasteiger partial charge < -0.3 is 15.1 Å². The fourth-order valence-corrected chi connectivity index (χ4v) is 3.84. The second-order valence-electron chi connectivity index (χ2n) is 7.43. The van der Waals surface area contributed by atoms with Crippen LogP contribution >= 0.6 is 0 Å². The second kappa shape index (κ2) is 8.10. The highest BCUT2D eigenvalue weighted by atomic mass is 16.2. The average molecular weight is 382 g/mol. The molecule has 8 nitrogen and oxygen atoms in total. The molecular formula is C20H26N6O2. The highest BCUT2D eigenvalue weighted by Crippen LogP contribution is 2.23. The molecule has 0 aliphatic carbocycles. The van der Waals surface area contributed by atoms with Crippen molar-refractivity contribution in [2.45, 2.75) is 32.2 Å². The topological polar surface area (TPSA) is 94.2 Å². The first-order valence-corrected chi connectivity index (χ1v) is 9.93. The molecule has 2 aliphatic rings. The van der Waals surface area contributed by atoms with Gasteiger partial charge in [0.2, 0.25) is 5.91 Å². The van der Waals surface area contributed by atoms with Gasteiger partial charge in [-0.05, 0) is 31.5 Å². The second-order valence-corrected chi connectivity index (χ2v) is 7.43. The average Bonchev–Trinajstić information content (AvgIpc) is 3.24. The zero-order valence-electron chi connectivity index (χ0n) is 16.1. The Bertz CT molecular complexity index is 850. The minimum Gasteiger partial charge on any atom is -0.339 e. The van der Waals surface area contributed by atoms with Gasteiger partial charge in [0.25, 0.3) is 5.91 Å². The first kappa shape index (κ1) is 18.6. The third-order valence-corrected chi connectivity index (χ3v) is 5.52. The highest BCUT2D eigenvalue weighted by molar-refractivity contribution is 5.95. The molecule has 0 unspecified atom stereocenters. The Balaban J connectivity index is 1.46. The van der Waals surface area contributed by atoms with E-state index >= 15 is 0 Å². The summed E-state index contributed by atoms with van der Waals surface area (Å²) in [7, 11) is 0. The van der Waals surface area contributed by atoms with E-state index in [0.717, 1.165) is 24.4 Å². The molecule has 2 aromatic rings. The lowest BCUT2D eigenvalue weighted by Crippen LogP contribution is -2.50. The van der Waals surface area contributed by atoms with Gasteiger partial charge in [-0.15, -0.1) is 0 Å². The number of aromatic amines is 1. The number of H-pyrrole nitrogens is 1. The molecule has 4 rings (SSSR count). The molecule has 1 aromatic carbocycles. The minimum absolute atomic E-state index is 0.0187. The van der Waals surface area contributed by atoms with Crippen LogP contribution in [0.15, 0.2) is 24.3 Å². The molecule has 1 atom stereocenters. The van der Waals surface area contributed by atoms with E-state index in [9.17, 15) is 9.59 Å². The van der Waals surface area contributed by atoms with Crippen molar-refractivity contribution in [3.63, 3.8) is 0 Å². The summed E-state index contributed by atoms with van der Waals surface area (Å²) in [4.78, 5) is 32.6. The predicted molar refractivity (Wildman–Crippen MR) is 105 cm³/mol. The van der Waals surface area contributed by atoms with Gasteiger partial charge in [0.05, 0.1) is 6.04 Å². The molecule has 3 heterocycles. The number of benzene rings is 1. The predicted octanol–water partition coefficient (Wildman–Crippen LogP) is 1.59. The van der Waals surface area contributed by atoms with E-state index in [1.807, 2.05) is 24.3 Å². The number of nitrogens with zero attached hydrogens (tertiary/aromatic N) is 4.